The topological polar surface area (TPSA) is 60.9 Å². The Hall–Kier alpha value is -1.26. The second-order valence-electron chi connectivity index (χ2n) is 6.73. The highest BCUT2D eigenvalue weighted by Crippen LogP contribution is 2.36. The van der Waals surface area contributed by atoms with Crippen molar-refractivity contribution in [1.29, 1.82) is 0 Å². The summed E-state index contributed by atoms with van der Waals surface area (Å²) in [6, 6.07) is 0.0159. The van der Waals surface area contributed by atoms with E-state index in [0.29, 0.717) is 25.9 Å². The van der Waals surface area contributed by atoms with E-state index in [9.17, 15) is 14.7 Å². The number of likely N-dealkylation sites (tertiary alicyclic amines) is 2. The van der Waals surface area contributed by atoms with Crippen molar-refractivity contribution in [3.05, 3.63) is 0 Å². The van der Waals surface area contributed by atoms with E-state index in [1.165, 1.54) is 0 Å². The molecule has 5 heteroatoms. The number of hydrogen-bond donors (Lipinski definition) is 1. The van der Waals surface area contributed by atoms with E-state index in [1.54, 1.807) is 4.90 Å². The summed E-state index contributed by atoms with van der Waals surface area (Å²) < 4.78 is 0. The predicted octanol–water partition coefficient (Wildman–Crippen LogP) is 2.03. The zero-order valence-electron chi connectivity index (χ0n) is 12.1. The Morgan fingerprint density at radius 3 is 2.11 bits per heavy atom. The second-order valence-corrected chi connectivity index (χ2v) is 6.73. The molecular formula is C14H24N2O3. The van der Waals surface area contributed by atoms with E-state index < -0.39 is 11.4 Å². The van der Waals surface area contributed by atoms with Crippen LogP contribution in [-0.2, 0) is 4.79 Å². The van der Waals surface area contributed by atoms with Crippen molar-refractivity contribution in [3.63, 3.8) is 0 Å². The highest BCUT2D eigenvalue weighted by atomic mass is 16.4. The second kappa shape index (κ2) is 4.69. The quantitative estimate of drug-likeness (QED) is 0.833. The van der Waals surface area contributed by atoms with Gasteiger partial charge in [-0.2, -0.15) is 0 Å². The van der Waals surface area contributed by atoms with Gasteiger partial charge >= 0.3 is 12.0 Å². The van der Waals surface area contributed by atoms with Crippen molar-refractivity contribution in [1.82, 2.24) is 9.80 Å². The maximum absolute atomic E-state index is 12.4. The number of urea groups is 1. The predicted molar refractivity (Wildman–Crippen MR) is 71.9 cm³/mol. The molecule has 0 saturated carbocycles. The van der Waals surface area contributed by atoms with E-state index in [2.05, 4.69) is 13.8 Å². The van der Waals surface area contributed by atoms with Gasteiger partial charge in [0.2, 0.25) is 0 Å². The SMILES string of the molecule is CCC1(C(=O)O)CCN(C(=O)N2CCC(C)(C)C2)C1. The minimum atomic E-state index is -0.771. The minimum absolute atomic E-state index is 0.0159. The molecule has 2 amide bonds. The van der Waals surface area contributed by atoms with Gasteiger partial charge in [0.15, 0.2) is 0 Å². The van der Waals surface area contributed by atoms with Gasteiger partial charge in [-0.25, -0.2) is 4.79 Å². The van der Waals surface area contributed by atoms with Crippen molar-refractivity contribution in [2.45, 2.75) is 40.0 Å². The normalized spacial score (nSPS) is 29.8. The van der Waals surface area contributed by atoms with Crippen LogP contribution in [0.3, 0.4) is 0 Å². The van der Waals surface area contributed by atoms with Crippen LogP contribution in [0.25, 0.3) is 0 Å². The Kier molecular flexibility index (Phi) is 3.49. The molecule has 0 bridgehead atoms. The number of carbonyl (C=O) groups is 2. The molecule has 0 aromatic carbocycles. The first-order chi connectivity index (χ1) is 8.80. The zero-order valence-corrected chi connectivity index (χ0v) is 12.1. The highest BCUT2D eigenvalue weighted by Gasteiger charge is 2.46. The van der Waals surface area contributed by atoms with Gasteiger partial charge in [-0.3, -0.25) is 4.79 Å². The first-order valence-electron chi connectivity index (χ1n) is 7.07. The lowest BCUT2D eigenvalue weighted by Gasteiger charge is -2.27. The number of aliphatic carboxylic acids is 1. The number of hydrogen-bond acceptors (Lipinski definition) is 2. The third-order valence-electron chi connectivity index (χ3n) is 4.70. The minimum Gasteiger partial charge on any atom is -0.481 e. The number of carbonyl (C=O) groups excluding carboxylic acids is 1. The van der Waals surface area contributed by atoms with Crippen LogP contribution >= 0.6 is 0 Å². The number of nitrogens with zero attached hydrogens (tertiary/aromatic N) is 2. The van der Waals surface area contributed by atoms with Crippen LogP contribution in [0.1, 0.15) is 40.0 Å². The molecule has 19 heavy (non-hydrogen) atoms. The number of carboxylic acids is 1. The standard InChI is InChI=1S/C14H24N2O3/c1-4-14(11(17)18)6-8-16(10-14)12(19)15-7-5-13(2,3)9-15/h4-10H2,1-3H3,(H,17,18). The summed E-state index contributed by atoms with van der Waals surface area (Å²) >= 11 is 0. The van der Waals surface area contributed by atoms with Gasteiger partial charge < -0.3 is 14.9 Å². The molecule has 2 heterocycles. The first-order valence-corrected chi connectivity index (χ1v) is 7.07. The molecule has 2 aliphatic heterocycles. The summed E-state index contributed by atoms with van der Waals surface area (Å²) in [7, 11) is 0. The molecule has 0 aliphatic carbocycles. The maximum Gasteiger partial charge on any atom is 0.320 e. The molecule has 0 radical (unpaired) electrons. The van der Waals surface area contributed by atoms with Gasteiger partial charge in [0, 0.05) is 26.2 Å². The number of amides is 2. The van der Waals surface area contributed by atoms with Crippen LogP contribution in [0, 0.1) is 10.8 Å². The van der Waals surface area contributed by atoms with E-state index in [4.69, 9.17) is 0 Å². The Balaban J connectivity index is 2.01. The number of carboxylic acid groups (broad SMARTS) is 1. The number of rotatable bonds is 2. The summed E-state index contributed by atoms with van der Waals surface area (Å²) in [6.07, 6.45) is 2.17. The third kappa shape index (κ3) is 2.55. The molecule has 2 saturated heterocycles. The molecule has 0 aromatic heterocycles. The lowest BCUT2D eigenvalue weighted by Crippen LogP contribution is -2.43. The average molecular weight is 268 g/mol. The molecule has 1 atom stereocenters. The van der Waals surface area contributed by atoms with Gasteiger partial charge in [0.1, 0.15) is 0 Å². The molecule has 2 rings (SSSR count). The average Bonchev–Trinajstić information content (AvgIpc) is 2.92. The molecule has 1 N–H and O–H groups in total. The lowest BCUT2D eigenvalue weighted by molar-refractivity contribution is -0.148. The van der Waals surface area contributed by atoms with E-state index >= 15 is 0 Å². The fraction of sp³-hybridized carbons (Fsp3) is 0.857. The molecular weight excluding hydrogens is 244 g/mol. The Morgan fingerprint density at radius 2 is 1.68 bits per heavy atom. The summed E-state index contributed by atoms with van der Waals surface area (Å²) in [6.45, 7) is 8.70. The molecule has 0 aromatic rings. The van der Waals surface area contributed by atoms with Gasteiger partial charge in [-0.15, -0.1) is 0 Å². The molecule has 5 nitrogen and oxygen atoms in total. The summed E-state index contributed by atoms with van der Waals surface area (Å²) in [5, 5.41) is 9.36. The smallest absolute Gasteiger partial charge is 0.320 e. The third-order valence-corrected chi connectivity index (χ3v) is 4.70. The van der Waals surface area contributed by atoms with E-state index in [-0.39, 0.29) is 11.4 Å². The van der Waals surface area contributed by atoms with Gasteiger partial charge in [0.05, 0.1) is 5.41 Å². The van der Waals surface area contributed by atoms with Crippen LogP contribution in [0.4, 0.5) is 4.79 Å². The largest absolute Gasteiger partial charge is 0.481 e. The molecule has 1 unspecified atom stereocenters. The van der Waals surface area contributed by atoms with Crippen molar-refractivity contribution < 1.29 is 14.7 Å². The molecule has 2 aliphatic rings. The van der Waals surface area contributed by atoms with Crippen molar-refractivity contribution in [2.24, 2.45) is 10.8 Å². The zero-order chi connectivity index (χ0) is 14.3. The summed E-state index contributed by atoms with van der Waals surface area (Å²) in [4.78, 5) is 27.4. The first kappa shape index (κ1) is 14.2. The Bertz CT molecular complexity index is 394. The Morgan fingerprint density at radius 1 is 1.11 bits per heavy atom. The van der Waals surface area contributed by atoms with Crippen molar-refractivity contribution in [2.75, 3.05) is 26.2 Å². The van der Waals surface area contributed by atoms with Crippen molar-refractivity contribution in [3.8, 4) is 0 Å². The lowest BCUT2D eigenvalue weighted by atomic mass is 9.84. The van der Waals surface area contributed by atoms with Gasteiger partial charge in [-0.05, 0) is 24.7 Å². The summed E-state index contributed by atoms with van der Waals surface area (Å²) in [5.41, 5.74) is -0.547. The van der Waals surface area contributed by atoms with Crippen LogP contribution in [0.5, 0.6) is 0 Å². The summed E-state index contributed by atoms with van der Waals surface area (Å²) in [5.74, 6) is -0.771. The van der Waals surface area contributed by atoms with Crippen molar-refractivity contribution >= 4 is 12.0 Å². The fourth-order valence-electron chi connectivity index (χ4n) is 3.13. The molecule has 2 fully saturated rings. The van der Waals surface area contributed by atoms with Gasteiger partial charge in [-0.1, -0.05) is 20.8 Å². The van der Waals surface area contributed by atoms with E-state index in [1.807, 2.05) is 11.8 Å². The van der Waals surface area contributed by atoms with Gasteiger partial charge in [0.25, 0.3) is 0 Å². The highest BCUT2D eigenvalue weighted by molar-refractivity contribution is 5.80. The van der Waals surface area contributed by atoms with Crippen LogP contribution in [0.15, 0.2) is 0 Å². The van der Waals surface area contributed by atoms with Crippen LogP contribution < -0.4 is 0 Å². The molecule has 0 spiro atoms. The Labute approximate surface area is 114 Å². The van der Waals surface area contributed by atoms with Crippen LogP contribution in [0.2, 0.25) is 0 Å². The van der Waals surface area contributed by atoms with Crippen LogP contribution in [-0.4, -0.2) is 53.1 Å². The maximum atomic E-state index is 12.4. The fourth-order valence-corrected chi connectivity index (χ4v) is 3.13. The molecule has 108 valence electrons. The van der Waals surface area contributed by atoms with E-state index in [0.717, 1.165) is 19.5 Å². The monoisotopic (exact) mass is 268 g/mol.